The SMILES string of the molecule is CC(C)C(NC(=O)OCc1ccccc1Cl)C(=O)N1CCC[C@H]1C(=O)O. The first-order valence-electron chi connectivity index (χ1n) is 8.51. The minimum atomic E-state index is -1.03. The number of benzene rings is 1. The zero-order valence-electron chi connectivity index (χ0n) is 14.8. The number of halogens is 1. The number of carboxylic acid groups (broad SMARTS) is 1. The molecule has 1 saturated heterocycles. The highest BCUT2D eigenvalue weighted by molar-refractivity contribution is 6.31. The molecule has 0 aliphatic carbocycles. The topological polar surface area (TPSA) is 95.9 Å². The molecule has 26 heavy (non-hydrogen) atoms. The van der Waals surface area contributed by atoms with Crippen LogP contribution in [0.1, 0.15) is 32.3 Å². The second-order valence-electron chi connectivity index (χ2n) is 6.56. The van der Waals surface area contributed by atoms with Crippen LogP contribution in [0.5, 0.6) is 0 Å². The lowest BCUT2D eigenvalue weighted by Gasteiger charge is -2.29. The van der Waals surface area contributed by atoms with Crippen LogP contribution in [-0.4, -0.2) is 46.6 Å². The summed E-state index contributed by atoms with van der Waals surface area (Å²) in [5, 5.41) is 12.3. The lowest BCUT2D eigenvalue weighted by atomic mass is 10.0. The van der Waals surface area contributed by atoms with Crippen LogP contribution in [0.3, 0.4) is 0 Å². The van der Waals surface area contributed by atoms with Gasteiger partial charge in [0.1, 0.15) is 18.7 Å². The fourth-order valence-electron chi connectivity index (χ4n) is 2.91. The van der Waals surface area contributed by atoms with Crippen molar-refractivity contribution in [2.45, 2.75) is 45.4 Å². The number of ether oxygens (including phenoxy) is 1. The van der Waals surface area contributed by atoms with E-state index in [4.69, 9.17) is 16.3 Å². The van der Waals surface area contributed by atoms with E-state index in [1.54, 1.807) is 38.1 Å². The highest BCUT2D eigenvalue weighted by Crippen LogP contribution is 2.20. The lowest BCUT2D eigenvalue weighted by Crippen LogP contribution is -2.53. The van der Waals surface area contributed by atoms with Crippen molar-refractivity contribution in [3.05, 3.63) is 34.9 Å². The van der Waals surface area contributed by atoms with Crippen LogP contribution in [0.2, 0.25) is 5.02 Å². The van der Waals surface area contributed by atoms with Gasteiger partial charge in [-0.05, 0) is 24.8 Å². The summed E-state index contributed by atoms with van der Waals surface area (Å²) in [6, 6.07) is 5.29. The van der Waals surface area contributed by atoms with Crippen molar-refractivity contribution in [1.82, 2.24) is 10.2 Å². The number of alkyl carbamates (subject to hydrolysis) is 1. The Hall–Kier alpha value is -2.28. The fraction of sp³-hybridized carbons (Fsp3) is 0.500. The number of nitrogens with zero attached hydrogens (tertiary/aromatic N) is 1. The zero-order chi connectivity index (χ0) is 19.3. The van der Waals surface area contributed by atoms with Gasteiger partial charge in [0.2, 0.25) is 5.91 Å². The largest absolute Gasteiger partial charge is 0.480 e. The maximum Gasteiger partial charge on any atom is 0.408 e. The molecule has 1 unspecified atom stereocenters. The average Bonchev–Trinajstić information content (AvgIpc) is 3.08. The van der Waals surface area contributed by atoms with Crippen LogP contribution in [0.25, 0.3) is 0 Å². The molecule has 2 N–H and O–H groups in total. The molecule has 0 aromatic heterocycles. The van der Waals surface area contributed by atoms with Gasteiger partial charge in [0.05, 0.1) is 0 Å². The second-order valence-corrected chi connectivity index (χ2v) is 6.97. The number of hydrogen-bond donors (Lipinski definition) is 2. The van der Waals surface area contributed by atoms with Gasteiger partial charge in [0.25, 0.3) is 0 Å². The molecule has 1 aliphatic rings. The Balaban J connectivity index is 1.99. The molecule has 1 heterocycles. The summed E-state index contributed by atoms with van der Waals surface area (Å²) < 4.78 is 5.16. The summed E-state index contributed by atoms with van der Waals surface area (Å²) in [6.45, 7) is 3.91. The van der Waals surface area contributed by atoms with Gasteiger partial charge in [-0.25, -0.2) is 9.59 Å². The molecule has 0 bridgehead atoms. The number of carbonyl (C=O) groups excluding carboxylic acids is 2. The van der Waals surface area contributed by atoms with E-state index < -0.39 is 30.1 Å². The number of rotatable bonds is 6. The van der Waals surface area contributed by atoms with Gasteiger partial charge < -0.3 is 20.1 Å². The first-order valence-corrected chi connectivity index (χ1v) is 8.89. The summed E-state index contributed by atoms with van der Waals surface area (Å²) in [4.78, 5) is 37.5. The summed E-state index contributed by atoms with van der Waals surface area (Å²) in [7, 11) is 0. The van der Waals surface area contributed by atoms with E-state index >= 15 is 0 Å². The third-order valence-electron chi connectivity index (χ3n) is 4.34. The maximum atomic E-state index is 12.7. The molecule has 2 amide bonds. The Labute approximate surface area is 157 Å². The number of nitrogens with one attached hydrogen (secondary N) is 1. The minimum absolute atomic E-state index is 0.0218. The quantitative estimate of drug-likeness (QED) is 0.788. The van der Waals surface area contributed by atoms with Crippen molar-refractivity contribution in [2.24, 2.45) is 5.92 Å². The fourth-order valence-corrected chi connectivity index (χ4v) is 3.10. The highest BCUT2D eigenvalue weighted by atomic mass is 35.5. The molecule has 2 rings (SSSR count). The number of aliphatic carboxylic acids is 1. The number of carboxylic acids is 1. The van der Waals surface area contributed by atoms with E-state index in [1.165, 1.54) is 4.90 Å². The number of hydrogen-bond acceptors (Lipinski definition) is 4. The summed E-state index contributed by atoms with van der Waals surface area (Å²) in [5.74, 6) is -1.65. The minimum Gasteiger partial charge on any atom is -0.480 e. The number of likely N-dealkylation sites (tertiary alicyclic amines) is 1. The van der Waals surface area contributed by atoms with Crippen LogP contribution >= 0.6 is 11.6 Å². The Morgan fingerprint density at radius 3 is 2.65 bits per heavy atom. The first-order chi connectivity index (χ1) is 12.3. The number of amides is 2. The van der Waals surface area contributed by atoms with Crippen LogP contribution < -0.4 is 5.32 Å². The molecule has 1 aliphatic heterocycles. The van der Waals surface area contributed by atoms with E-state index in [0.29, 0.717) is 30.0 Å². The van der Waals surface area contributed by atoms with Gasteiger partial charge >= 0.3 is 12.1 Å². The predicted octanol–water partition coefficient (Wildman–Crippen LogP) is 2.67. The van der Waals surface area contributed by atoms with E-state index in [2.05, 4.69) is 5.32 Å². The molecule has 8 heteroatoms. The molecule has 1 aromatic carbocycles. The Morgan fingerprint density at radius 1 is 1.35 bits per heavy atom. The molecule has 0 radical (unpaired) electrons. The van der Waals surface area contributed by atoms with E-state index in [-0.39, 0.29) is 12.5 Å². The van der Waals surface area contributed by atoms with Gasteiger partial charge in [-0.1, -0.05) is 43.6 Å². The van der Waals surface area contributed by atoms with Gasteiger partial charge in [-0.3, -0.25) is 4.79 Å². The Kier molecular flexibility index (Phi) is 6.85. The molecule has 0 saturated carbocycles. The summed E-state index contributed by atoms with van der Waals surface area (Å²) in [6.07, 6.45) is 0.302. The zero-order valence-corrected chi connectivity index (χ0v) is 15.5. The van der Waals surface area contributed by atoms with Crippen molar-refractivity contribution in [1.29, 1.82) is 0 Å². The molecule has 0 spiro atoms. The summed E-state index contributed by atoms with van der Waals surface area (Å²) in [5.41, 5.74) is 0.655. The van der Waals surface area contributed by atoms with Crippen LogP contribution in [-0.2, 0) is 20.9 Å². The third-order valence-corrected chi connectivity index (χ3v) is 4.71. The van der Waals surface area contributed by atoms with E-state index in [9.17, 15) is 19.5 Å². The average molecular weight is 383 g/mol. The van der Waals surface area contributed by atoms with Crippen LogP contribution in [0.4, 0.5) is 4.79 Å². The van der Waals surface area contributed by atoms with E-state index in [0.717, 1.165) is 0 Å². The van der Waals surface area contributed by atoms with Crippen molar-refractivity contribution < 1.29 is 24.2 Å². The molecule has 1 aromatic rings. The van der Waals surface area contributed by atoms with Gasteiger partial charge in [0, 0.05) is 17.1 Å². The lowest BCUT2D eigenvalue weighted by molar-refractivity contribution is -0.149. The van der Waals surface area contributed by atoms with Crippen molar-refractivity contribution in [3.63, 3.8) is 0 Å². The molecule has 142 valence electrons. The van der Waals surface area contributed by atoms with Crippen LogP contribution in [0.15, 0.2) is 24.3 Å². The number of carbonyl (C=O) groups is 3. The molecular weight excluding hydrogens is 360 g/mol. The second kappa shape index (κ2) is 8.89. The monoisotopic (exact) mass is 382 g/mol. The molecule has 1 fully saturated rings. The van der Waals surface area contributed by atoms with E-state index in [1.807, 2.05) is 0 Å². The van der Waals surface area contributed by atoms with Crippen molar-refractivity contribution in [3.8, 4) is 0 Å². The van der Waals surface area contributed by atoms with Gasteiger partial charge in [-0.2, -0.15) is 0 Å². The predicted molar refractivity (Wildman–Crippen MR) is 95.8 cm³/mol. The normalized spacial score (nSPS) is 17.8. The van der Waals surface area contributed by atoms with Crippen molar-refractivity contribution in [2.75, 3.05) is 6.54 Å². The van der Waals surface area contributed by atoms with Gasteiger partial charge in [-0.15, -0.1) is 0 Å². The maximum absolute atomic E-state index is 12.7. The smallest absolute Gasteiger partial charge is 0.408 e. The standard InChI is InChI=1S/C18H23ClN2O5/c1-11(2)15(16(22)21-9-5-8-14(21)17(23)24)20-18(25)26-10-12-6-3-4-7-13(12)19/h3-4,6-7,11,14-15H,5,8-10H2,1-2H3,(H,20,25)(H,23,24)/t14-,15?/m0/s1. The Morgan fingerprint density at radius 2 is 2.04 bits per heavy atom. The highest BCUT2D eigenvalue weighted by Gasteiger charge is 2.38. The first kappa shape index (κ1) is 20.0. The van der Waals surface area contributed by atoms with Gasteiger partial charge in [0.15, 0.2) is 0 Å². The summed E-state index contributed by atoms with van der Waals surface area (Å²) >= 11 is 6.02. The molecule has 7 nitrogen and oxygen atoms in total. The van der Waals surface area contributed by atoms with Crippen LogP contribution in [0, 0.1) is 5.92 Å². The Bertz CT molecular complexity index is 679. The molecule has 2 atom stereocenters. The molecular formula is C18H23ClN2O5. The third kappa shape index (κ3) is 4.88. The van der Waals surface area contributed by atoms with Crippen molar-refractivity contribution >= 4 is 29.6 Å².